The fraction of sp³-hybridized carbons (Fsp3) is 0.208. The van der Waals surface area contributed by atoms with Gasteiger partial charge in [0.05, 0.1) is 17.1 Å². The number of rotatable bonds is 6. The van der Waals surface area contributed by atoms with Crippen molar-refractivity contribution in [2.24, 2.45) is 0 Å². The van der Waals surface area contributed by atoms with Gasteiger partial charge >= 0.3 is 0 Å². The number of nitrogens with one attached hydrogen (secondary N) is 1. The van der Waals surface area contributed by atoms with Crippen LogP contribution in [0.2, 0.25) is 5.02 Å². The maximum absolute atomic E-state index is 13.4. The zero-order valence-corrected chi connectivity index (χ0v) is 18.6. The number of nitrogens with zero attached hydrogens (tertiary/aromatic N) is 2. The second-order valence-electron chi connectivity index (χ2n) is 7.31. The van der Waals surface area contributed by atoms with Crippen LogP contribution in [0.15, 0.2) is 83.8 Å². The normalized spacial score (nSPS) is 14.8. The maximum Gasteiger partial charge on any atom is 0.253 e. The van der Waals surface area contributed by atoms with Crippen molar-refractivity contribution >= 4 is 34.2 Å². The molecule has 1 atom stereocenters. The van der Waals surface area contributed by atoms with Crippen molar-refractivity contribution in [3.05, 3.63) is 95.0 Å². The van der Waals surface area contributed by atoms with Crippen molar-refractivity contribution in [3.63, 3.8) is 0 Å². The molecular formula is C24H24ClN3O2S. The Morgan fingerprint density at radius 1 is 0.935 bits per heavy atom. The van der Waals surface area contributed by atoms with Crippen molar-refractivity contribution in [3.8, 4) is 0 Å². The fourth-order valence-corrected chi connectivity index (χ4v) is 4.84. The monoisotopic (exact) mass is 453 g/mol. The first-order valence-corrected chi connectivity index (χ1v) is 11.7. The summed E-state index contributed by atoms with van der Waals surface area (Å²) in [7, 11) is -1.40. The largest absolute Gasteiger partial charge is 0.336 e. The van der Waals surface area contributed by atoms with E-state index >= 15 is 0 Å². The van der Waals surface area contributed by atoms with E-state index in [1.54, 1.807) is 0 Å². The zero-order valence-electron chi connectivity index (χ0n) is 17.0. The summed E-state index contributed by atoms with van der Waals surface area (Å²) in [6.45, 7) is 3.50. The van der Waals surface area contributed by atoms with Crippen LogP contribution < -0.4 is 9.62 Å². The molecule has 1 unspecified atom stereocenters. The molecule has 5 nitrogen and oxygen atoms in total. The van der Waals surface area contributed by atoms with Gasteiger partial charge in [0.2, 0.25) is 0 Å². The van der Waals surface area contributed by atoms with Crippen LogP contribution in [0.4, 0.5) is 5.69 Å². The van der Waals surface area contributed by atoms with Gasteiger partial charge in [-0.3, -0.25) is 9.10 Å². The third kappa shape index (κ3) is 5.34. The number of benzene rings is 3. The van der Waals surface area contributed by atoms with Gasteiger partial charge in [0.25, 0.3) is 5.91 Å². The summed E-state index contributed by atoms with van der Waals surface area (Å²) in [6, 6.07) is 24.3. The smallest absolute Gasteiger partial charge is 0.253 e. The maximum atomic E-state index is 13.4. The number of anilines is 1. The Kier molecular flexibility index (Phi) is 7.02. The molecule has 0 aromatic heterocycles. The predicted molar refractivity (Wildman–Crippen MR) is 126 cm³/mol. The lowest BCUT2D eigenvalue weighted by molar-refractivity contribution is 0.0736. The van der Waals surface area contributed by atoms with Crippen molar-refractivity contribution in [1.29, 1.82) is 0 Å². The van der Waals surface area contributed by atoms with Crippen LogP contribution in [0.3, 0.4) is 0 Å². The molecule has 31 heavy (non-hydrogen) atoms. The van der Waals surface area contributed by atoms with Crippen molar-refractivity contribution in [2.75, 3.05) is 30.5 Å². The second-order valence-corrected chi connectivity index (χ2v) is 9.16. The quantitative estimate of drug-likeness (QED) is 0.611. The average molecular weight is 454 g/mol. The van der Waals surface area contributed by atoms with E-state index in [9.17, 15) is 9.00 Å². The van der Waals surface area contributed by atoms with Gasteiger partial charge in [-0.25, -0.2) is 4.21 Å². The number of hydrogen-bond acceptors (Lipinski definition) is 3. The molecule has 1 N–H and O–H groups in total. The highest BCUT2D eigenvalue weighted by molar-refractivity contribution is 7.86. The molecule has 4 rings (SSSR count). The van der Waals surface area contributed by atoms with Crippen LogP contribution in [-0.4, -0.2) is 41.2 Å². The Bertz CT molecular complexity index is 1040. The third-order valence-corrected chi connectivity index (χ3v) is 6.86. The molecular weight excluding hydrogens is 430 g/mol. The number of piperazine rings is 1. The highest BCUT2D eigenvalue weighted by atomic mass is 35.5. The summed E-state index contributed by atoms with van der Waals surface area (Å²) in [6.07, 6.45) is 0. The standard InChI is InChI=1S/C24H24ClN3O2S/c25-21-10-6-19(7-11-21)18-28(31(30)23-4-2-1-3-5-23)22-12-8-20(9-13-22)24(29)27-16-14-26-15-17-27/h1-13,26H,14-18H2. The van der Waals surface area contributed by atoms with E-state index in [-0.39, 0.29) is 5.91 Å². The molecule has 3 aromatic carbocycles. The minimum atomic E-state index is -1.40. The van der Waals surface area contributed by atoms with Gasteiger partial charge in [-0.15, -0.1) is 0 Å². The van der Waals surface area contributed by atoms with Crippen LogP contribution >= 0.6 is 11.6 Å². The summed E-state index contributed by atoms with van der Waals surface area (Å²) in [4.78, 5) is 15.4. The average Bonchev–Trinajstić information content (AvgIpc) is 2.84. The molecule has 1 aliphatic heterocycles. The van der Waals surface area contributed by atoms with E-state index in [1.807, 2.05) is 88.1 Å². The molecule has 0 aliphatic carbocycles. The van der Waals surface area contributed by atoms with Crippen molar-refractivity contribution in [2.45, 2.75) is 11.4 Å². The fourth-order valence-electron chi connectivity index (χ4n) is 3.49. The molecule has 160 valence electrons. The molecule has 7 heteroatoms. The van der Waals surface area contributed by atoms with Crippen LogP contribution in [0.5, 0.6) is 0 Å². The lowest BCUT2D eigenvalue weighted by atomic mass is 10.1. The number of amides is 1. The van der Waals surface area contributed by atoms with E-state index in [2.05, 4.69) is 5.32 Å². The zero-order chi connectivity index (χ0) is 21.6. The van der Waals surface area contributed by atoms with Crippen LogP contribution in [-0.2, 0) is 17.5 Å². The summed E-state index contributed by atoms with van der Waals surface area (Å²) >= 11 is 6.02. The van der Waals surface area contributed by atoms with Crippen LogP contribution in [0.1, 0.15) is 15.9 Å². The number of hydrogen-bond donors (Lipinski definition) is 1. The molecule has 1 fully saturated rings. The molecule has 0 saturated carbocycles. The van der Waals surface area contributed by atoms with E-state index in [1.165, 1.54) is 0 Å². The molecule has 0 bridgehead atoms. The molecule has 1 saturated heterocycles. The van der Waals surface area contributed by atoms with Gasteiger partial charge in [0.15, 0.2) is 11.0 Å². The summed E-state index contributed by atoms with van der Waals surface area (Å²) in [5.41, 5.74) is 2.42. The van der Waals surface area contributed by atoms with Gasteiger partial charge in [-0.2, -0.15) is 0 Å². The topological polar surface area (TPSA) is 52.7 Å². The summed E-state index contributed by atoms with van der Waals surface area (Å²) in [5.74, 6) is 0.0292. The van der Waals surface area contributed by atoms with Crippen LogP contribution in [0.25, 0.3) is 0 Å². The first-order valence-electron chi connectivity index (χ1n) is 10.2. The Balaban J connectivity index is 1.60. The predicted octanol–water partition coefficient (Wildman–Crippen LogP) is 4.11. The van der Waals surface area contributed by atoms with E-state index < -0.39 is 11.0 Å². The number of halogens is 1. The Morgan fingerprint density at radius 3 is 2.23 bits per heavy atom. The van der Waals surface area contributed by atoms with Crippen molar-refractivity contribution < 1.29 is 9.00 Å². The Labute approximate surface area is 190 Å². The summed E-state index contributed by atoms with van der Waals surface area (Å²) < 4.78 is 15.2. The van der Waals surface area contributed by atoms with Gasteiger partial charge in [0, 0.05) is 36.8 Å². The molecule has 1 aliphatic rings. The minimum absolute atomic E-state index is 0.0292. The van der Waals surface area contributed by atoms with Gasteiger partial charge in [-0.05, 0) is 54.1 Å². The van der Waals surface area contributed by atoms with Gasteiger partial charge in [0.1, 0.15) is 0 Å². The number of carbonyl (C=O) groups is 1. The SMILES string of the molecule is O=C(c1ccc(N(Cc2ccc(Cl)cc2)S(=O)c2ccccc2)cc1)N1CCNCC1. The molecule has 1 heterocycles. The van der Waals surface area contributed by atoms with Gasteiger partial charge < -0.3 is 10.2 Å². The minimum Gasteiger partial charge on any atom is -0.336 e. The Morgan fingerprint density at radius 2 is 1.58 bits per heavy atom. The first kappa shape index (κ1) is 21.6. The van der Waals surface area contributed by atoms with Gasteiger partial charge in [-0.1, -0.05) is 41.9 Å². The third-order valence-electron chi connectivity index (χ3n) is 5.19. The molecule has 0 spiro atoms. The second kappa shape index (κ2) is 10.1. The first-order chi connectivity index (χ1) is 15.1. The van der Waals surface area contributed by atoms with E-state index in [0.717, 1.165) is 29.2 Å². The van der Waals surface area contributed by atoms with E-state index in [0.29, 0.717) is 30.2 Å². The lowest BCUT2D eigenvalue weighted by Crippen LogP contribution is -2.46. The van der Waals surface area contributed by atoms with Crippen molar-refractivity contribution in [1.82, 2.24) is 10.2 Å². The highest BCUT2D eigenvalue weighted by Gasteiger charge is 2.20. The highest BCUT2D eigenvalue weighted by Crippen LogP contribution is 2.25. The Hall–Kier alpha value is -2.67. The summed E-state index contributed by atoms with van der Waals surface area (Å²) in [5, 5.41) is 3.92. The molecule has 3 aromatic rings. The number of carbonyl (C=O) groups excluding carboxylic acids is 1. The van der Waals surface area contributed by atoms with Crippen LogP contribution in [0, 0.1) is 0 Å². The molecule has 0 radical (unpaired) electrons. The van der Waals surface area contributed by atoms with E-state index in [4.69, 9.17) is 11.6 Å². The molecule has 1 amide bonds. The lowest BCUT2D eigenvalue weighted by Gasteiger charge is -2.28.